The summed E-state index contributed by atoms with van der Waals surface area (Å²) in [5, 5.41) is 9.28. The lowest BCUT2D eigenvalue weighted by Gasteiger charge is -2.17. The Bertz CT molecular complexity index is 628. The zero-order valence-electron chi connectivity index (χ0n) is 12.7. The van der Waals surface area contributed by atoms with Crippen LogP contribution in [0.1, 0.15) is 56.6 Å². The molecule has 0 fully saturated rings. The third-order valence-electron chi connectivity index (χ3n) is 3.38. The van der Waals surface area contributed by atoms with Crippen LogP contribution in [0.2, 0.25) is 0 Å². The standard InChI is InChI=1S/C15H22N2O2S/c1-5-9-20(18,19)15-12(7-3)11(6-2)13(8-4)17-14(15)10-16/h5-9H2,1-4H3. The van der Waals surface area contributed by atoms with Gasteiger partial charge < -0.3 is 0 Å². The molecule has 0 aromatic carbocycles. The van der Waals surface area contributed by atoms with Gasteiger partial charge in [-0.25, -0.2) is 13.4 Å². The molecule has 0 aliphatic carbocycles. The molecule has 5 heteroatoms. The SMILES string of the molecule is CCCS(=O)(=O)c1c(C#N)nc(CC)c(CC)c1CC. The first-order chi connectivity index (χ1) is 9.46. The summed E-state index contributed by atoms with van der Waals surface area (Å²) in [7, 11) is -3.44. The van der Waals surface area contributed by atoms with Gasteiger partial charge in [-0.15, -0.1) is 0 Å². The lowest BCUT2D eigenvalue weighted by Crippen LogP contribution is -2.16. The Kier molecular flexibility index (Phi) is 5.70. The summed E-state index contributed by atoms with van der Waals surface area (Å²) in [4.78, 5) is 4.46. The second-order valence-corrected chi connectivity index (χ2v) is 6.73. The molecule has 0 saturated heterocycles. The van der Waals surface area contributed by atoms with E-state index in [4.69, 9.17) is 0 Å². The molecular formula is C15H22N2O2S. The highest BCUT2D eigenvalue weighted by Crippen LogP contribution is 2.27. The molecule has 0 aliphatic rings. The normalized spacial score (nSPS) is 11.3. The van der Waals surface area contributed by atoms with Gasteiger partial charge in [0.2, 0.25) is 0 Å². The third kappa shape index (κ3) is 3.01. The zero-order valence-corrected chi connectivity index (χ0v) is 13.5. The minimum Gasteiger partial charge on any atom is -0.240 e. The quantitative estimate of drug-likeness (QED) is 0.809. The molecule has 0 bridgehead atoms. The molecule has 0 radical (unpaired) electrons. The van der Waals surface area contributed by atoms with Gasteiger partial charge in [0.25, 0.3) is 0 Å². The number of pyridine rings is 1. The largest absolute Gasteiger partial charge is 0.240 e. The highest BCUT2D eigenvalue weighted by Gasteiger charge is 2.26. The first-order valence-corrected chi connectivity index (χ1v) is 8.79. The molecule has 0 atom stereocenters. The van der Waals surface area contributed by atoms with Gasteiger partial charge in [0, 0.05) is 5.69 Å². The monoisotopic (exact) mass is 294 g/mol. The molecule has 1 heterocycles. The Labute approximate surface area is 121 Å². The second-order valence-electron chi connectivity index (χ2n) is 4.68. The molecule has 110 valence electrons. The van der Waals surface area contributed by atoms with Gasteiger partial charge in [-0.3, -0.25) is 0 Å². The Morgan fingerprint density at radius 2 is 1.65 bits per heavy atom. The molecule has 0 N–H and O–H groups in total. The maximum absolute atomic E-state index is 12.5. The van der Waals surface area contributed by atoms with Crippen molar-refractivity contribution in [3.63, 3.8) is 0 Å². The van der Waals surface area contributed by atoms with Crippen LogP contribution in [-0.2, 0) is 29.1 Å². The Balaban J connectivity index is 3.78. The van der Waals surface area contributed by atoms with E-state index in [2.05, 4.69) is 4.98 Å². The molecular weight excluding hydrogens is 272 g/mol. The molecule has 4 nitrogen and oxygen atoms in total. The average molecular weight is 294 g/mol. The number of aryl methyl sites for hydroxylation is 1. The van der Waals surface area contributed by atoms with Crippen molar-refractivity contribution in [2.24, 2.45) is 0 Å². The maximum Gasteiger partial charge on any atom is 0.181 e. The predicted octanol–water partition coefficient (Wildman–Crippen LogP) is 2.82. The molecule has 1 rings (SSSR count). The second kappa shape index (κ2) is 6.85. The van der Waals surface area contributed by atoms with E-state index in [9.17, 15) is 13.7 Å². The number of sulfone groups is 1. The number of rotatable bonds is 6. The van der Waals surface area contributed by atoms with Crippen molar-refractivity contribution in [1.82, 2.24) is 4.98 Å². The third-order valence-corrected chi connectivity index (χ3v) is 5.39. The fraction of sp³-hybridized carbons (Fsp3) is 0.600. The van der Waals surface area contributed by atoms with Crippen LogP contribution in [-0.4, -0.2) is 19.2 Å². The number of nitriles is 1. The maximum atomic E-state index is 12.5. The van der Waals surface area contributed by atoms with Crippen LogP contribution in [0.25, 0.3) is 0 Å². The zero-order chi connectivity index (χ0) is 15.3. The van der Waals surface area contributed by atoms with Gasteiger partial charge in [0.15, 0.2) is 15.5 Å². The van der Waals surface area contributed by atoms with Gasteiger partial charge in [0.1, 0.15) is 11.0 Å². The van der Waals surface area contributed by atoms with Crippen LogP contribution in [0.3, 0.4) is 0 Å². The van der Waals surface area contributed by atoms with Crippen LogP contribution in [0.4, 0.5) is 0 Å². The van der Waals surface area contributed by atoms with E-state index in [-0.39, 0.29) is 16.3 Å². The summed E-state index contributed by atoms with van der Waals surface area (Å²) in [6, 6.07) is 1.97. The fourth-order valence-electron chi connectivity index (χ4n) is 2.57. The molecule has 0 unspecified atom stereocenters. The van der Waals surface area contributed by atoms with Gasteiger partial charge in [0.05, 0.1) is 5.75 Å². The van der Waals surface area contributed by atoms with E-state index in [0.29, 0.717) is 19.3 Å². The lowest BCUT2D eigenvalue weighted by molar-refractivity contribution is 0.592. The van der Waals surface area contributed by atoms with Crippen molar-refractivity contribution in [1.29, 1.82) is 5.26 Å². The smallest absolute Gasteiger partial charge is 0.181 e. The number of nitrogens with zero attached hydrogens (tertiary/aromatic N) is 2. The fourth-order valence-corrected chi connectivity index (χ4v) is 4.34. The van der Waals surface area contributed by atoms with Crippen molar-refractivity contribution in [2.75, 3.05) is 5.75 Å². The minimum absolute atomic E-state index is 0.0596. The van der Waals surface area contributed by atoms with E-state index in [1.165, 1.54) is 0 Å². The molecule has 1 aromatic heterocycles. The van der Waals surface area contributed by atoms with Crippen molar-refractivity contribution in [2.45, 2.75) is 58.3 Å². The van der Waals surface area contributed by atoms with E-state index in [1.54, 1.807) is 0 Å². The predicted molar refractivity (Wildman–Crippen MR) is 79.4 cm³/mol. The Morgan fingerprint density at radius 1 is 1.05 bits per heavy atom. The summed E-state index contributed by atoms with van der Waals surface area (Å²) in [5.41, 5.74) is 2.67. The number of hydrogen-bond donors (Lipinski definition) is 0. The minimum atomic E-state index is -3.44. The highest BCUT2D eigenvalue weighted by molar-refractivity contribution is 7.91. The molecule has 1 aromatic rings. The summed E-state index contributed by atoms with van der Waals surface area (Å²) < 4.78 is 24.9. The van der Waals surface area contributed by atoms with Crippen molar-refractivity contribution in [3.05, 3.63) is 22.5 Å². The summed E-state index contributed by atoms with van der Waals surface area (Å²) >= 11 is 0. The molecule has 0 amide bonds. The van der Waals surface area contributed by atoms with E-state index < -0.39 is 9.84 Å². The Hall–Kier alpha value is -1.41. The van der Waals surface area contributed by atoms with Crippen molar-refractivity contribution in [3.8, 4) is 6.07 Å². The van der Waals surface area contributed by atoms with E-state index in [0.717, 1.165) is 23.2 Å². The topological polar surface area (TPSA) is 70.8 Å². The summed E-state index contributed by atoms with van der Waals surface area (Å²) in [6.07, 6.45) is 2.58. The van der Waals surface area contributed by atoms with Gasteiger partial charge in [-0.1, -0.05) is 27.7 Å². The summed E-state index contributed by atoms with van der Waals surface area (Å²) in [6.45, 7) is 7.73. The van der Waals surface area contributed by atoms with Crippen LogP contribution in [0.15, 0.2) is 4.90 Å². The van der Waals surface area contributed by atoms with Gasteiger partial charge in [-0.05, 0) is 36.8 Å². The molecule has 0 spiro atoms. The molecule has 0 saturated carbocycles. The number of aromatic nitrogens is 1. The van der Waals surface area contributed by atoms with Crippen LogP contribution >= 0.6 is 0 Å². The van der Waals surface area contributed by atoms with Crippen LogP contribution in [0, 0.1) is 11.3 Å². The summed E-state index contributed by atoms with van der Waals surface area (Å²) in [5.74, 6) is 0.0605. The van der Waals surface area contributed by atoms with Crippen molar-refractivity contribution >= 4 is 9.84 Å². The van der Waals surface area contributed by atoms with Crippen LogP contribution in [0.5, 0.6) is 0 Å². The Morgan fingerprint density at radius 3 is 2.05 bits per heavy atom. The van der Waals surface area contributed by atoms with Gasteiger partial charge in [-0.2, -0.15) is 5.26 Å². The van der Waals surface area contributed by atoms with Gasteiger partial charge >= 0.3 is 0 Å². The van der Waals surface area contributed by atoms with E-state index in [1.807, 2.05) is 33.8 Å². The molecule has 0 aliphatic heterocycles. The number of hydrogen-bond acceptors (Lipinski definition) is 4. The van der Waals surface area contributed by atoms with E-state index >= 15 is 0 Å². The first kappa shape index (κ1) is 16.6. The van der Waals surface area contributed by atoms with Crippen LogP contribution < -0.4 is 0 Å². The lowest BCUT2D eigenvalue weighted by atomic mass is 9.99. The highest BCUT2D eigenvalue weighted by atomic mass is 32.2. The molecule has 20 heavy (non-hydrogen) atoms. The first-order valence-electron chi connectivity index (χ1n) is 7.14. The average Bonchev–Trinajstić information content (AvgIpc) is 2.44. The van der Waals surface area contributed by atoms with Crippen molar-refractivity contribution < 1.29 is 8.42 Å².